The summed E-state index contributed by atoms with van der Waals surface area (Å²) in [4.78, 5) is 6.81. The van der Waals surface area contributed by atoms with Crippen molar-refractivity contribution in [3.63, 3.8) is 0 Å². The number of rotatable bonds is 4. The van der Waals surface area contributed by atoms with Crippen molar-refractivity contribution in [2.45, 2.75) is 36.2 Å². The molecule has 0 bridgehead atoms. The predicted octanol–water partition coefficient (Wildman–Crippen LogP) is 3.34. The van der Waals surface area contributed by atoms with E-state index in [1.54, 1.807) is 29.4 Å². The minimum Gasteiger partial charge on any atom is -0.468 e. The highest BCUT2D eigenvalue weighted by Gasteiger charge is 2.17. The van der Waals surface area contributed by atoms with Gasteiger partial charge in [-0.15, -0.1) is 11.3 Å². The van der Waals surface area contributed by atoms with Gasteiger partial charge in [-0.25, -0.2) is 4.98 Å². The summed E-state index contributed by atoms with van der Waals surface area (Å²) < 4.78 is 7.47. The maximum Gasteiger partial charge on any atom is 0.194 e. The fourth-order valence-electron chi connectivity index (χ4n) is 1.97. The highest BCUT2D eigenvalue weighted by molar-refractivity contribution is 7.99. The lowest BCUT2D eigenvalue weighted by Gasteiger charge is -2.06. The van der Waals surface area contributed by atoms with Crippen molar-refractivity contribution in [3.05, 3.63) is 35.4 Å². The lowest BCUT2D eigenvalue weighted by molar-refractivity contribution is 0.527. The zero-order valence-corrected chi connectivity index (χ0v) is 12.4. The van der Waals surface area contributed by atoms with E-state index < -0.39 is 0 Å². The van der Waals surface area contributed by atoms with Crippen molar-refractivity contribution in [1.82, 2.24) is 9.38 Å². The van der Waals surface area contributed by atoms with Crippen LogP contribution in [0.2, 0.25) is 0 Å². The second-order valence-corrected chi connectivity index (χ2v) is 6.45. The normalized spacial score (nSPS) is 13.2. The smallest absolute Gasteiger partial charge is 0.194 e. The summed E-state index contributed by atoms with van der Waals surface area (Å²) in [5.74, 6) is 0.924. The van der Waals surface area contributed by atoms with Crippen molar-refractivity contribution in [2.75, 3.05) is 0 Å². The average molecular weight is 293 g/mol. The van der Waals surface area contributed by atoms with E-state index in [4.69, 9.17) is 10.2 Å². The van der Waals surface area contributed by atoms with Crippen molar-refractivity contribution >= 4 is 28.1 Å². The standard InChI is InChI=1S/C13H15N3OS2/c1-8(14)7-10-12(15-13-16(10)4-6-18-13)19-11-3-5-17-9(11)2/h3-6,8H,7,14H2,1-2H3. The predicted molar refractivity (Wildman–Crippen MR) is 78.0 cm³/mol. The van der Waals surface area contributed by atoms with Gasteiger partial charge in [-0.05, 0) is 19.9 Å². The Morgan fingerprint density at radius 1 is 1.58 bits per heavy atom. The molecule has 0 saturated heterocycles. The first-order valence-electron chi connectivity index (χ1n) is 6.07. The molecule has 19 heavy (non-hydrogen) atoms. The molecule has 0 fully saturated rings. The minimum absolute atomic E-state index is 0.115. The number of aromatic nitrogens is 2. The van der Waals surface area contributed by atoms with Crippen molar-refractivity contribution in [2.24, 2.45) is 5.73 Å². The van der Waals surface area contributed by atoms with Gasteiger partial charge in [0.15, 0.2) is 4.96 Å². The van der Waals surface area contributed by atoms with Crippen LogP contribution in [0.4, 0.5) is 0 Å². The SMILES string of the molecule is Cc1occc1Sc1nc2sccn2c1CC(C)N. The van der Waals surface area contributed by atoms with E-state index in [0.717, 1.165) is 27.1 Å². The quantitative estimate of drug-likeness (QED) is 0.801. The molecule has 0 aliphatic rings. The third-order valence-electron chi connectivity index (χ3n) is 2.86. The van der Waals surface area contributed by atoms with Crippen LogP contribution in [0, 0.1) is 6.92 Å². The first-order valence-corrected chi connectivity index (χ1v) is 7.76. The van der Waals surface area contributed by atoms with Crippen LogP contribution in [0.3, 0.4) is 0 Å². The van der Waals surface area contributed by atoms with Gasteiger partial charge in [-0.2, -0.15) is 0 Å². The first kappa shape index (κ1) is 12.8. The third kappa shape index (κ3) is 2.43. The molecular formula is C13H15N3OS2. The zero-order chi connectivity index (χ0) is 13.4. The topological polar surface area (TPSA) is 56.5 Å². The van der Waals surface area contributed by atoms with Crippen LogP contribution in [-0.2, 0) is 6.42 Å². The number of furan rings is 1. The zero-order valence-electron chi connectivity index (χ0n) is 10.8. The number of nitrogens with zero attached hydrogens (tertiary/aromatic N) is 2. The fraction of sp³-hybridized carbons (Fsp3) is 0.308. The number of imidazole rings is 1. The Morgan fingerprint density at radius 2 is 2.42 bits per heavy atom. The molecule has 0 spiro atoms. The second-order valence-electron chi connectivity index (χ2n) is 4.54. The minimum atomic E-state index is 0.115. The maximum absolute atomic E-state index is 5.95. The van der Waals surface area contributed by atoms with Gasteiger partial charge in [-0.1, -0.05) is 11.8 Å². The van der Waals surface area contributed by atoms with Gasteiger partial charge in [0, 0.05) is 24.0 Å². The largest absolute Gasteiger partial charge is 0.468 e. The summed E-state index contributed by atoms with van der Waals surface area (Å²) in [6, 6.07) is 2.09. The van der Waals surface area contributed by atoms with Crippen molar-refractivity contribution < 1.29 is 4.42 Å². The molecule has 6 heteroatoms. The van der Waals surface area contributed by atoms with Crippen LogP contribution in [0.15, 0.2) is 38.2 Å². The fourth-order valence-corrected chi connectivity index (χ4v) is 3.71. The number of aryl methyl sites for hydroxylation is 1. The lowest BCUT2D eigenvalue weighted by Crippen LogP contribution is -2.19. The number of hydrogen-bond acceptors (Lipinski definition) is 5. The van der Waals surface area contributed by atoms with Gasteiger partial charge in [0.1, 0.15) is 10.8 Å². The Labute approximate surface area is 119 Å². The Hall–Kier alpha value is -1.24. The summed E-state index contributed by atoms with van der Waals surface area (Å²) in [5, 5.41) is 3.07. The molecule has 3 aromatic rings. The van der Waals surface area contributed by atoms with E-state index in [-0.39, 0.29) is 6.04 Å². The van der Waals surface area contributed by atoms with Gasteiger partial charge in [0.05, 0.1) is 16.9 Å². The molecule has 0 aromatic carbocycles. The Kier molecular flexibility index (Phi) is 3.38. The molecule has 0 radical (unpaired) electrons. The van der Waals surface area contributed by atoms with E-state index in [1.807, 2.05) is 25.3 Å². The highest BCUT2D eigenvalue weighted by atomic mass is 32.2. The third-order valence-corrected chi connectivity index (χ3v) is 4.78. The van der Waals surface area contributed by atoms with Gasteiger partial charge in [0.25, 0.3) is 0 Å². The number of fused-ring (bicyclic) bond motifs is 1. The Bertz CT molecular complexity index is 696. The number of thiazole rings is 1. The van der Waals surface area contributed by atoms with E-state index in [2.05, 4.69) is 15.6 Å². The van der Waals surface area contributed by atoms with Crippen LogP contribution < -0.4 is 5.73 Å². The lowest BCUT2D eigenvalue weighted by atomic mass is 10.2. The summed E-state index contributed by atoms with van der Waals surface area (Å²) in [5.41, 5.74) is 7.13. The average Bonchev–Trinajstić information content (AvgIpc) is 3.00. The van der Waals surface area contributed by atoms with Crippen LogP contribution in [0.5, 0.6) is 0 Å². The van der Waals surface area contributed by atoms with Crippen LogP contribution in [0.25, 0.3) is 4.96 Å². The number of nitrogens with two attached hydrogens (primary N) is 1. The summed E-state index contributed by atoms with van der Waals surface area (Å²) in [6.45, 7) is 3.98. The highest BCUT2D eigenvalue weighted by Crippen LogP contribution is 2.34. The van der Waals surface area contributed by atoms with Crippen molar-refractivity contribution in [1.29, 1.82) is 0 Å². The summed E-state index contributed by atoms with van der Waals surface area (Å²) in [6.07, 6.45) is 4.58. The summed E-state index contributed by atoms with van der Waals surface area (Å²) in [7, 11) is 0. The first-order chi connectivity index (χ1) is 9.15. The maximum atomic E-state index is 5.95. The van der Waals surface area contributed by atoms with Crippen molar-refractivity contribution in [3.8, 4) is 0 Å². The molecular weight excluding hydrogens is 278 g/mol. The van der Waals surface area contributed by atoms with Gasteiger partial charge in [0.2, 0.25) is 0 Å². The molecule has 2 N–H and O–H groups in total. The van der Waals surface area contributed by atoms with E-state index in [0.29, 0.717) is 0 Å². The molecule has 4 nitrogen and oxygen atoms in total. The van der Waals surface area contributed by atoms with Gasteiger partial charge in [-0.3, -0.25) is 4.40 Å². The van der Waals surface area contributed by atoms with Crippen LogP contribution in [-0.4, -0.2) is 15.4 Å². The molecule has 1 atom stereocenters. The monoisotopic (exact) mass is 293 g/mol. The van der Waals surface area contributed by atoms with E-state index in [9.17, 15) is 0 Å². The molecule has 100 valence electrons. The van der Waals surface area contributed by atoms with Crippen LogP contribution >= 0.6 is 23.1 Å². The molecule has 0 amide bonds. The molecule has 3 rings (SSSR count). The number of hydrogen-bond donors (Lipinski definition) is 1. The van der Waals surface area contributed by atoms with Gasteiger partial charge >= 0.3 is 0 Å². The Balaban J connectivity index is 2.02. The molecule has 0 aliphatic heterocycles. The second kappa shape index (κ2) is 5.03. The van der Waals surface area contributed by atoms with Crippen LogP contribution in [0.1, 0.15) is 18.4 Å². The molecule has 3 heterocycles. The Morgan fingerprint density at radius 3 is 3.11 bits per heavy atom. The molecule has 3 aromatic heterocycles. The van der Waals surface area contributed by atoms with E-state index >= 15 is 0 Å². The molecule has 0 saturated carbocycles. The molecule has 0 aliphatic carbocycles. The van der Waals surface area contributed by atoms with Gasteiger partial charge < -0.3 is 10.2 Å². The summed E-state index contributed by atoms with van der Waals surface area (Å²) >= 11 is 3.29. The molecule has 1 unspecified atom stereocenters. The van der Waals surface area contributed by atoms with E-state index in [1.165, 1.54) is 5.69 Å².